The number of rotatable bonds is 5. The van der Waals surface area contributed by atoms with Crippen LogP contribution in [0.1, 0.15) is 49.1 Å². The molecule has 0 bridgehead atoms. The Balaban J connectivity index is 2.29. The molecule has 0 amide bonds. The Kier molecular flexibility index (Phi) is 3.99. The number of nitrogens with two attached hydrogens (primary N) is 1. The highest BCUT2D eigenvalue weighted by atomic mass is 15.4. The second-order valence-electron chi connectivity index (χ2n) is 4.93. The first kappa shape index (κ1) is 13.7. The molecule has 0 aliphatic heterocycles. The topological polar surface area (TPSA) is 74.5 Å². The fourth-order valence-corrected chi connectivity index (χ4v) is 2.47. The Hall–Kier alpha value is -1.69. The first-order chi connectivity index (χ1) is 9.04. The van der Waals surface area contributed by atoms with Crippen molar-refractivity contribution in [1.82, 2.24) is 24.5 Å². The molecule has 1 unspecified atom stereocenters. The van der Waals surface area contributed by atoms with Gasteiger partial charge < -0.3 is 5.73 Å². The predicted molar refractivity (Wildman–Crippen MR) is 73.7 cm³/mol. The first-order valence-electron chi connectivity index (χ1n) is 6.70. The molecule has 0 saturated heterocycles. The predicted octanol–water partition coefficient (Wildman–Crippen LogP) is 1.57. The summed E-state index contributed by atoms with van der Waals surface area (Å²) in [4.78, 5) is 4.31. The average Bonchev–Trinajstić information content (AvgIpc) is 2.86. The van der Waals surface area contributed by atoms with Crippen molar-refractivity contribution in [2.45, 2.75) is 53.2 Å². The van der Waals surface area contributed by atoms with E-state index in [0.717, 1.165) is 35.7 Å². The maximum atomic E-state index is 5.99. The second kappa shape index (κ2) is 5.52. The average molecular weight is 262 g/mol. The van der Waals surface area contributed by atoms with E-state index in [1.165, 1.54) is 0 Å². The summed E-state index contributed by atoms with van der Waals surface area (Å²) in [5.74, 6) is 0.934. The molecule has 104 valence electrons. The van der Waals surface area contributed by atoms with Crippen molar-refractivity contribution in [3.05, 3.63) is 29.1 Å². The fourth-order valence-electron chi connectivity index (χ4n) is 2.47. The molecule has 2 aromatic heterocycles. The maximum Gasteiger partial charge on any atom is 0.148 e. The third kappa shape index (κ3) is 2.68. The van der Waals surface area contributed by atoms with Gasteiger partial charge in [0.15, 0.2) is 0 Å². The van der Waals surface area contributed by atoms with Crippen LogP contribution >= 0.6 is 0 Å². The SMILES string of the molecule is CCCn1ncnc1Cn1nc(C)c(C(C)N)c1C. The van der Waals surface area contributed by atoms with E-state index in [4.69, 9.17) is 5.73 Å². The van der Waals surface area contributed by atoms with Crippen LogP contribution in [-0.4, -0.2) is 24.5 Å². The van der Waals surface area contributed by atoms with Crippen molar-refractivity contribution in [2.75, 3.05) is 0 Å². The first-order valence-corrected chi connectivity index (χ1v) is 6.70. The molecule has 0 aromatic carbocycles. The van der Waals surface area contributed by atoms with Gasteiger partial charge in [0.25, 0.3) is 0 Å². The van der Waals surface area contributed by atoms with E-state index in [1.807, 2.05) is 23.2 Å². The van der Waals surface area contributed by atoms with Gasteiger partial charge >= 0.3 is 0 Å². The molecular weight excluding hydrogens is 240 g/mol. The quantitative estimate of drug-likeness (QED) is 0.887. The van der Waals surface area contributed by atoms with Gasteiger partial charge in [-0.05, 0) is 27.2 Å². The number of hydrogen-bond acceptors (Lipinski definition) is 4. The lowest BCUT2D eigenvalue weighted by molar-refractivity contribution is 0.533. The third-order valence-corrected chi connectivity index (χ3v) is 3.32. The minimum atomic E-state index is 0.00209. The smallest absolute Gasteiger partial charge is 0.148 e. The van der Waals surface area contributed by atoms with Gasteiger partial charge in [-0.15, -0.1) is 0 Å². The van der Waals surface area contributed by atoms with Crippen LogP contribution in [0.2, 0.25) is 0 Å². The molecule has 2 rings (SSSR count). The molecule has 6 nitrogen and oxygen atoms in total. The summed E-state index contributed by atoms with van der Waals surface area (Å²) in [6.07, 6.45) is 2.64. The summed E-state index contributed by atoms with van der Waals surface area (Å²) in [7, 11) is 0. The van der Waals surface area contributed by atoms with Crippen LogP contribution in [0.3, 0.4) is 0 Å². The zero-order valence-corrected chi connectivity index (χ0v) is 12.1. The zero-order chi connectivity index (χ0) is 14.0. The lowest BCUT2D eigenvalue weighted by atomic mass is 10.1. The molecule has 2 N–H and O–H groups in total. The van der Waals surface area contributed by atoms with E-state index in [0.29, 0.717) is 6.54 Å². The van der Waals surface area contributed by atoms with Crippen LogP contribution < -0.4 is 5.73 Å². The number of hydrogen-bond donors (Lipinski definition) is 1. The normalized spacial score (nSPS) is 12.9. The molecule has 0 radical (unpaired) electrons. The molecule has 2 heterocycles. The van der Waals surface area contributed by atoms with Crippen LogP contribution in [0.5, 0.6) is 0 Å². The van der Waals surface area contributed by atoms with Gasteiger partial charge in [0.2, 0.25) is 0 Å². The van der Waals surface area contributed by atoms with Gasteiger partial charge in [0, 0.05) is 23.8 Å². The highest BCUT2D eigenvalue weighted by Gasteiger charge is 2.16. The molecule has 0 saturated carbocycles. The van der Waals surface area contributed by atoms with Crippen molar-refractivity contribution in [2.24, 2.45) is 5.73 Å². The van der Waals surface area contributed by atoms with Gasteiger partial charge in [-0.2, -0.15) is 10.2 Å². The van der Waals surface area contributed by atoms with Crippen molar-refractivity contribution < 1.29 is 0 Å². The van der Waals surface area contributed by atoms with Gasteiger partial charge in [-0.1, -0.05) is 6.92 Å². The third-order valence-electron chi connectivity index (χ3n) is 3.32. The highest BCUT2D eigenvalue weighted by Crippen LogP contribution is 2.19. The number of nitrogens with zero attached hydrogens (tertiary/aromatic N) is 5. The van der Waals surface area contributed by atoms with E-state index >= 15 is 0 Å². The molecule has 0 aliphatic rings. The minimum Gasteiger partial charge on any atom is -0.324 e. The van der Waals surface area contributed by atoms with Gasteiger partial charge in [0.05, 0.1) is 5.69 Å². The molecule has 0 spiro atoms. The van der Waals surface area contributed by atoms with Crippen molar-refractivity contribution in [1.29, 1.82) is 0 Å². The van der Waals surface area contributed by atoms with Gasteiger partial charge in [-0.25, -0.2) is 9.67 Å². The number of aryl methyl sites for hydroxylation is 2. The van der Waals surface area contributed by atoms with Crippen molar-refractivity contribution in [3.63, 3.8) is 0 Å². The Morgan fingerprint density at radius 2 is 2.05 bits per heavy atom. The van der Waals surface area contributed by atoms with Crippen LogP contribution in [-0.2, 0) is 13.1 Å². The van der Waals surface area contributed by atoms with Crippen molar-refractivity contribution in [3.8, 4) is 0 Å². The number of aromatic nitrogens is 5. The highest BCUT2D eigenvalue weighted by molar-refractivity contribution is 5.27. The standard InChI is InChI=1S/C13H22N6/c1-5-6-18-12(15-8-16-18)7-19-11(4)13(9(2)14)10(3)17-19/h8-9H,5-7,14H2,1-4H3. The molecule has 0 fully saturated rings. The van der Waals surface area contributed by atoms with E-state index in [9.17, 15) is 0 Å². The Morgan fingerprint density at radius 1 is 1.32 bits per heavy atom. The Bertz CT molecular complexity index is 551. The Labute approximate surface area is 113 Å². The molecule has 19 heavy (non-hydrogen) atoms. The van der Waals surface area contributed by atoms with Gasteiger partial charge in [-0.3, -0.25) is 4.68 Å². The van der Waals surface area contributed by atoms with Crippen LogP contribution in [0, 0.1) is 13.8 Å². The molecule has 0 aliphatic carbocycles. The summed E-state index contributed by atoms with van der Waals surface area (Å²) >= 11 is 0. The summed E-state index contributed by atoms with van der Waals surface area (Å²) in [6.45, 7) is 9.69. The van der Waals surface area contributed by atoms with Gasteiger partial charge in [0.1, 0.15) is 18.7 Å². The summed E-state index contributed by atoms with van der Waals surface area (Å²) in [6, 6.07) is 0.00209. The lowest BCUT2D eigenvalue weighted by Crippen LogP contribution is -2.13. The summed E-state index contributed by atoms with van der Waals surface area (Å²) < 4.78 is 3.90. The lowest BCUT2D eigenvalue weighted by Gasteiger charge is -2.08. The largest absolute Gasteiger partial charge is 0.324 e. The summed E-state index contributed by atoms with van der Waals surface area (Å²) in [5, 5.41) is 8.80. The summed E-state index contributed by atoms with van der Waals surface area (Å²) in [5.41, 5.74) is 9.22. The molecular formula is C13H22N6. The van der Waals surface area contributed by atoms with E-state index in [1.54, 1.807) is 6.33 Å². The molecule has 2 aromatic rings. The zero-order valence-electron chi connectivity index (χ0n) is 12.1. The van der Waals surface area contributed by atoms with Crippen molar-refractivity contribution >= 4 is 0 Å². The second-order valence-corrected chi connectivity index (χ2v) is 4.93. The molecule has 1 atom stereocenters. The van der Waals surface area contributed by atoms with E-state index < -0.39 is 0 Å². The fraction of sp³-hybridized carbons (Fsp3) is 0.615. The Morgan fingerprint density at radius 3 is 2.63 bits per heavy atom. The van der Waals surface area contributed by atoms with E-state index in [2.05, 4.69) is 29.0 Å². The monoisotopic (exact) mass is 262 g/mol. The minimum absolute atomic E-state index is 0.00209. The van der Waals surface area contributed by atoms with Crippen LogP contribution in [0.25, 0.3) is 0 Å². The van der Waals surface area contributed by atoms with Crippen LogP contribution in [0.15, 0.2) is 6.33 Å². The maximum absolute atomic E-state index is 5.99. The van der Waals surface area contributed by atoms with Crippen LogP contribution in [0.4, 0.5) is 0 Å². The molecule has 6 heteroatoms. The van der Waals surface area contributed by atoms with E-state index in [-0.39, 0.29) is 6.04 Å².